The molecule has 2 heterocycles. The number of amides is 1. The number of rotatable bonds is 5. The van der Waals surface area contributed by atoms with Gasteiger partial charge >= 0.3 is 5.97 Å². The maximum absolute atomic E-state index is 13.0. The number of hydrazine groups is 2. The maximum Gasteiger partial charge on any atom is 0.358 e. The summed E-state index contributed by atoms with van der Waals surface area (Å²) in [6.45, 7) is 0.626. The number of aromatic nitrogens is 1. The van der Waals surface area contributed by atoms with Gasteiger partial charge in [0.2, 0.25) is 0 Å². The van der Waals surface area contributed by atoms with Gasteiger partial charge in [-0.05, 0) is 34.5 Å². The Morgan fingerprint density at radius 1 is 1.10 bits per heavy atom. The van der Waals surface area contributed by atoms with Crippen LogP contribution in [0.2, 0.25) is 0 Å². The summed E-state index contributed by atoms with van der Waals surface area (Å²) in [5.41, 5.74) is 7.84. The van der Waals surface area contributed by atoms with Crippen LogP contribution < -0.4 is 16.3 Å². The van der Waals surface area contributed by atoms with E-state index in [9.17, 15) is 9.59 Å². The molecule has 0 atom stereocenters. The number of hydrogen-bond acceptors (Lipinski definition) is 7. The lowest BCUT2D eigenvalue weighted by Gasteiger charge is -2.18. The van der Waals surface area contributed by atoms with E-state index >= 15 is 0 Å². The third-order valence-electron chi connectivity index (χ3n) is 4.58. The Kier molecular flexibility index (Phi) is 5.08. The Labute approximate surface area is 167 Å². The van der Waals surface area contributed by atoms with Crippen LogP contribution in [0.25, 0.3) is 10.8 Å². The van der Waals surface area contributed by atoms with E-state index in [1.54, 1.807) is 24.4 Å². The van der Waals surface area contributed by atoms with Crippen LogP contribution in [0.5, 0.6) is 0 Å². The number of pyridine rings is 1. The molecule has 1 amide bonds. The summed E-state index contributed by atoms with van der Waals surface area (Å²) in [4.78, 5) is 28.9. The highest BCUT2D eigenvalue weighted by Gasteiger charge is 2.18. The minimum Gasteiger partial charge on any atom is -0.464 e. The van der Waals surface area contributed by atoms with Crippen molar-refractivity contribution in [2.45, 2.75) is 6.54 Å². The van der Waals surface area contributed by atoms with Crippen molar-refractivity contribution < 1.29 is 14.3 Å². The van der Waals surface area contributed by atoms with E-state index in [-0.39, 0.29) is 11.6 Å². The number of carbonyl (C=O) groups is 2. The molecule has 4 rings (SSSR count). The van der Waals surface area contributed by atoms with Gasteiger partial charge in [0, 0.05) is 24.2 Å². The van der Waals surface area contributed by atoms with E-state index in [0.29, 0.717) is 17.8 Å². The number of nitrogens with zero attached hydrogens (tertiary/aromatic N) is 2. The summed E-state index contributed by atoms with van der Waals surface area (Å²) < 4.78 is 4.74. The van der Waals surface area contributed by atoms with E-state index in [0.717, 1.165) is 16.3 Å². The largest absolute Gasteiger partial charge is 0.464 e. The summed E-state index contributed by atoms with van der Waals surface area (Å²) in [5, 5.41) is 6.48. The van der Waals surface area contributed by atoms with Gasteiger partial charge in [0.1, 0.15) is 0 Å². The maximum atomic E-state index is 13.0. The average molecular weight is 389 g/mol. The van der Waals surface area contributed by atoms with Gasteiger partial charge in [-0.25, -0.2) is 9.78 Å². The molecule has 0 saturated carbocycles. The van der Waals surface area contributed by atoms with Gasteiger partial charge < -0.3 is 15.5 Å². The molecule has 0 unspecified atom stereocenters. The number of carbonyl (C=O) groups excluding carboxylic acids is 2. The molecule has 3 aromatic rings. The molecule has 29 heavy (non-hydrogen) atoms. The fourth-order valence-electron chi connectivity index (χ4n) is 3.21. The highest BCUT2D eigenvalue weighted by atomic mass is 16.5. The van der Waals surface area contributed by atoms with Crippen molar-refractivity contribution in [2.75, 3.05) is 12.4 Å². The first-order valence-electron chi connectivity index (χ1n) is 8.97. The number of anilines is 1. The average Bonchev–Trinajstić information content (AvgIpc) is 3.27. The second kappa shape index (κ2) is 7.99. The second-order valence-electron chi connectivity index (χ2n) is 6.36. The van der Waals surface area contributed by atoms with E-state index in [4.69, 9.17) is 4.74 Å². The molecule has 2 aromatic carbocycles. The lowest BCUT2D eigenvalue weighted by atomic mass is 9.98. The van der Waals surface area contributed by atoms with E-state index in [2.05, 4.69) is 21.3 Å². The van der Waals surface area contributed by atoms with E-state index < -0.39 is 5.97 Å². The van der Waals surface area contributed by atoms with Crippen molar-refractivity contribution in [3.63, 3.8) is 0 Å². The first-order valence-corrected chi connectivity index (χ1v) is 8.97. The fraction of sp³-hybridized carbons (Fsp3) is 0.0952. The van der Waals surface area contributed by atoms with Crippen LogP contribution in [-0.4, -0.2) is 29.0 Å². The minimum absolute atomic E-state index is 0.0590. The number of benzene rings is 2. The van der Waals surface area contributed by atoms with Crippen molar-refractivity contribution in [1.29, 1.82) is 0 Å². The summed E-state index contributed by atoms with van der Waals surface area (Å²) in [6, 6.07) is 14.7. The van der Waals surface area contributed by atoms with Gasteiger partial charge in [0.15, 0.2) is 5.69 Å². The van der Waals surface area contributed by atoms with Crippen molar-refractivity contribution in [3.8, 4) is 0 Å². The van der Waals surface area contributed by atoms with Crippen LogP contribution in [0.3, 0.4) is 0 Å². The van der Waals surface area contributed by atoms with Crippen molar-refractivity contribution >= 4 is 28.3 Å². The lowest BCUT2D eigenvalue weighted by Crippen LogP contribution is -2.34. The third-order valence-corrected chi connectivity index (χ3v) is 4.58. The summed E-state index contributed by atoms with van der Waals surface area (Å²) in [7, 11) is 1.27. The Bertz CT molecular complexity index is 1110. The number of esters is 1. The van der Waals surface area contributed by atoms with Gasteiger partial charge in [0.25, 0.3) is 5.91 Å². The molecule has 0 spiro atoms. The molecule has 0 fully saturated rings. The van der Waals surface area contributed by atoms with Gasteiger partial charge in [-0.3, -0.25) is 9.80 Å². The normalized spacial score (nSPS) is 12.7. The molecule has 146 valence electrons. The molecular weight excluding hydrogens is 370 g/mol. The van der Waals surface area contributed by atoms with E-state index in [1.807, 2.05) is 41.5 Å². The summed E-state index contributed by atoms with van der Waals surface area (Å²) in [5.74, 6) is -0.937. The minimum atomic E-state index is -0.610. The van der Waals surface area contributed by atoms with Crippen LogP contribution in [0, 0.1) is 0 Å². The molecule has 0 saturated heterocycles. The third kappa shape index (κ3) is 3.74. The number of ether oxygens (including phenoxy) is 1. The summed E-state index contributed by atoms with van der Waals surface area (Å²) in [6.07, 6.45) is 5.17. The fourth-order valence-corrected chi connectivity index (χ4v) is 3.21. The molecule has 1 aliphatic heterocycles. The molecule has 0 radical (unpaired) electrons. The Balaban J connectivity index is 1.67. The van der Waals surface area contributed by atoms with Crippen LogP contribution in [0.4, 0.5) is 5.69 Å². The Morgan fingerprint density at radius 2 is 1.93 bits per heavy atom. The first kappa shape index (κ1) is 18.5. The van der Waals surface area contributed by atoms with Gasteiger partial charge in [-0.15, -0.1) is 5.53 Å². The second-order valence-corrected chi connectivity index (χ2v) is 6.36. The zero-order valence-electron chi connectivity index (χ0n) is 15.7. The lowest BCUT2D eigenvalue weighted by molar-refractivity contribution is 0.0595. The smallest absolute Gasteiger partial charge is 0.358 e. The van der Waals surface area contributed by atoms with Crippen LogP contribution in [0.15, 0.2) is 67.1 Å². The Hall–Kier alpha value is -3.91. The zero-order chi connectivity index (χ0) is 20.2. The molecule has 1 aliphatic rings. The molecule has 0 aliphatic carbocycles. The number of methoxy groups -OCH3 is 1. The van der Waals surface area contributed by atoms with Gasteiger partial charge in [-0.1, -0.05) is 30.3 Å². The molecule has 3 N–H and O–H groups in total. The predicted octanol–water partition coefficient (Wildman–Crippen LogP) is 2.57. The molecule has 0 bridgehead atoms. The van der Waals surface area contributed by atoms with Gasteiger partial charge in [-0.2, -0.15) is 0 Å². The molecular formula is C21H19N5O3. The zero-order valence-corrected chi connectivity index (χ0v) is 15.7. The van der Waals surface area contributed by atoms with Gasteiger partial charge in [0.05, 0.1) is 19.3 Å². The number of nitrogens with one attached hydrogen (secondary N) is 3. The number of hydrogen-bond donors (Lipinski definition) is 3. The number of fused-ring (bicyclic) bond motifs is 1. The highest BCUT2D eigenvalue weighted by molar-refractivity contribution is 6.14. The highest BCUT2D eigenvalue weighted by Crippen LogP contribution is 2.25. The molecule has 8 nitrogen and oxygen atoms in total. The van der Waals surface area contributed by atoms with Crippen molar-refractivity contribution in [2.24, 2.45) is 0 Å². The quantitative estimate of drug-likeness (QED) is 0.577. The van der Waals surface area contributed by atoms with Crippen molar-refractivity contribution in [3.05, 3.63) is 83.9 Å². The standard InChI is InChI=1S/C21H19N5O3/c1-29-21(28)19-18(7-4-10-22-19)24-20(27)17-9-8-14(13-26-12-11-23-25-26)15-5-2-3-6-16(15)17/h2-12,23,25H,13H2,1H3,(H,24,27). The van der Waals surface area contributed by atoms with E-state index in [1.165, 1.54) is 13.3 Å². The van der Waals surface area contributed by atoms with Crippen LogP contribution in [-0.2, 0) is 11.3 Å². The SMILES string of the molecule is COC(=O)c1ncccc1NC(=O)c1ccc(CN2C=CNN2)c2ccccc12. The first-order chi connectivity index (χ1) is 14.2. The van der Waals surface area contributed by atoms with Crippen LogP contribution >= 0.6 is 0 Å². The summed E-state index contributed by atoms with van der Waals surface area (Å²) >= 11 is 0. The Morgan fingerprint density at radius 3 is 2.69 bits per heavy atom. The monoisotopic (exact) mass is 389 g/mol. The van der Waals surface area contributed by atoms with Crippen molar-refractivity contribution in [1.82, 2.24) is 21.0 Å². The topological polar surface area (TPSA) is 95.6 Å². The molecule has 8 heteroatoms. The predicted molar refractivity (Wildman–Crippen MR) is 108 cm³/mol. The van der Waals surface area contributed by atoms with Crippen LogP contribution in [0.1, 0.15) is 26.4 Å². The molecule has 1 aromatic heterocycles.